The first-order valence-electron chi connectivity index (χ1n) is 7.53. The molecule has 3 rings (SSSR count). The Morgan fingerprint density at radius 1 is 1.27 bits per heavy atom. The van der Waals surface area contributed by atoms with Crippen molar-refractivity contribution in [3.63, 3.8) is 0 Å². The monoisotopic (exact) mass is 351 g/mol. The maximum Gasteiger partial charge on any atom is 0.373 e. The summed E-state index contributed by atoms with van der Waals surface area (Å²) in [7, 11) is 1.22. The minimum atomic E-state index is -0.644. The number of ether oxygens (including phenoxy) is 1. The molecule has 1 N–H and O–H groups in total. The topological polar surface area (TPSA) is 113 Å². The highest BCUT2D eigenvalue weighted by Gasteiger charge is 2.34. The number of nitrogens with one attached hydrogen (secondary N) is 1. The molecule has 0 bridgehead atoms. The SMILES string of the molecule is COC(=O)c1ccc(CN2C(=O)N/C(=C\c3ccc(C#N)cc3)C2=O)o1. The van der Waals surface area contributed by atoms with Crippen LogP contribution in [0.15, 0.2) is 46.5 Å². The summed E-state index contributed by atoms with van der Waals surface area (Å²) in [6.45, 7) is -0.119. The van der Waals surface area contributed by atoms with Crippen molar-refractivity contribution in [2.24, 2.45) is 0 Å². The van der Waals surface area contributed by atoms with Gasteiger partial charge in [-0.3, -0.25) is 9.69 Å². The smallest absolute Gasteiger partial charge is 0.373 e. The van der Waals surface area contributed by atoms with Crippen LogP contribution < -0.4 is 5.32 Å². The summed E-state index contributed by atoms with van der Waals surface area (Å²) in [6.07, 6.45) is 1.52. The number of carbonyl (C=O) groups excluding carboxylic acids is 3. The highest BCUT2D eigenvalue weighted by atomic mass is 16.5. The molecule has 1 fully saturated rings. The number of benzene rings is 1. The van der Waals surface area contributed by atoms with E-state index in [0.717, 1.165) is 4.90 Å². The number of esters is 1. The van der Waals surface area contributed by atoms with Crippen molar-refractivity contribution in [3.8, 4) is 6.07 Å². The van der Waals surface area contributed by atoms with Crippen molar-refractivity contribution in [3.05, 3.63) is 64.7 Å². The van der Waals surface area contributed by atoms with E-state index in [4.69, 9.17) is 9.68 Å². The van der Waals surface area contributed by atoms with Gasteiger partial charge in [0, 0.05) is 0 Å². The molecule has 1 aliphatic heterocycles. The molecule has 8 nitrogen and oxygen atoms in total. The van der Waals surface area contributed by atoms with E-state index in [1.807, 2.05) is 6.07 Å². The summed E-state index contributed by atoms with van der Waals surface area (Å²) in [5.74, 6) is -0.901. The lowest BCUT2D eigenvalue weighted by Crippen LogP contribution is -2.30. The van der Waals surface area contributed by atoms with Crippen LogP contribution in [-0.2, 0) is 16.1 Å². The Kier molecular flexibility index (Phi) is 4.53. The lowest BCUT2D eigenvalue weighted by molar-refractivity contribution is -0.123. The van der Waals surface area contributed by atoms with E-state index in [-0.39, 0.29) is 23.8 Å². The van der Waals surface area contributed by atoms with Crippen LogP contribution in [-0.4, -0.2) is 29.9 Å². The van der Waals surface area contributed by atoms with Crippen LogP contribution in [0.1, 0.15) is 27.4 Å². The fourth-order valence-corrected chi connectivity index (χ4v) is 2.36. The molecule has 26 heavy (non-hydrogen) atoms. The predicted molar refractivity (Wildman–Crippen MR) is 88.3 cm³/mol. The molecule has 3 amide bonds. The zero-order valence-electron chi connectivity index (χ0n) is 13.7. The molecular formula is C18H13N3O5. The zero-order chi connectivity index (χ0) is 18.7. The molecule has 0 radical (unpaired) electrons. The van der Waals surface area contributed by atoms with Crippen molar-refractivity contribution in [1.82, 2.24) is 10.2 Å². The molecule has 8 heteroatoms. The first-order valence-corrected chi connectivity index (χ1v) is 7.53. The molecule has 2 heterocycles. The van der Waals surface area contributed by atoms with Gasteiger partial charge in [0.25, 0.3) is 5.91 Å². The Balaban J connectivity index is 1.76. The average Bonchev–Trinajstić information content (AvgIpc) is 3.22. The van der Waals surface area contributed by atoms with Gasteiger partial charge in [0.2, 0.25) is 5.76 Å². The van der Waals surface area contributed by atoms with Gasteiger partial charge in [0.1, 0.15) is 11.5 Å². The summed E-state index contributed by atoms with van der Waals surface area (Å²) in [5.41, 5.74) is 1.27. The molecule has 1 aromatic carbocycles. The van der Waals surface area contributed by atoms with Crippen molar-refractivity contribution < 1.29 is 23.5 Å². The predicted octanol–water partition coefficient (Wildman–Crippen LogP) is 2.03. The van der Waals surface area contributed by atoms with Crippen molar-refractivity contribution in [1.29, 1.82) is 5.26 Å². The molecule has 2 aromatic rings. The Morgan fingerprint density at radius 2 is 2.00 bits per heavy atom. The van der Waals surface area contributed by atoms with E-state index in [0.29, 0.717) is 11.1 Å². The van der Waals surface area contributed by atoms with Gasteiger partial charge in [-0.2, -0.15) is 5.26 Å². The average molecular weight is 351 g/mol. The summed E-state index contributed by atoms with van der Waals surface area (Å²) in [4.78, 5) is 36.9. The number of hydrogen-bond donors (Lipinski definition) is 1. The summed E-state index contributed by atoms with van der Waals surface area (Å²) in [5, 5.41) is 11.3. The maximum absolute atomic E-state index is 12.4. The lowest BCUT2D eigenvalue weighted by atomic mass is 10.1. The van der Waals surface area contributed by atoms with E-state index in [2.05, 4.69) is 10.1 Å². The molecule has 0 atom stereocenters. The number of nitrogens with zero attached hydrogens (tertiary/aromatic N) is 2. The summed E-state index contributed by atoms with van der Waals surface area (Å²) < 4.78 is 9.82. The Labute approximate surface area is 148 Å². The van der Waals surface area contributed by atoms with E-state index in [1.165, 1.54) is 25.3 Å². The molecule has 130 valence electrons. The molecule has 1 aliphatic rings. The van der Waals surface area contributed by atoms with E-state index < -0.39 is 17.9 Å². The Bertz CT molecular complexity index is 950. The number of carbonyl (C=O) groups is 3. The highest BCUT2D eigenvalue weighted by Crippen LogP contribution is 2.18. The van der Waals surface area contributed by atoms with Crippen molar-refractivity contribution >= 4 is 24.0 Å². The fraction of sp³-hybridized carbons (Fsp3) is 0.111. The van der Waals surface area contributed by atoms with Crippen LogP contribution >= 0.6 is 0 Å². The largest absolute Gasteiger partial charge is 0.463 e. The van der Waals surface area contributed by atoms with Gasteiger partial charge >= 0.3 is 12.0 Å². The van der Waals surface area contributed by atoms with E-state index in [1.54, 1.807) is 24.3 Å². The number of methoxy groups -OCH3 is 1. The van der Waals surface area contributed by atoms with Crippen LogP contribution in [0.5, 0.6) is 0 Å². The maximum atomic E-state index is 12.4. The number of urea groups is 1. The van der Waals surface area contributed by atoms with Gasteiger partial charge in [-0.15, -0.1) is 0 Å². The molecule has 0 aliphatic carbocycles. The van der Waals surface area contributed by atoms with Gasteiger partial charge in [0.05, 0.1) is 25.3 Å². The molecular weight excluding hydrogens is 338 g/mol. The van der Waals surface area contributed by atoms with Crippen molar-refractivity contribution in [2.75, 3.05) is 7.11 Å². The van der Waals surface area contributed by atoms with Gasteiger partial charge in [-0.1, -0.05) is 12.1 Å². The second-order valence-electron chi connectivity index (χ2n) is 5.37. The standard InChI is InChI=1S/C18H13N3O5/c1-25-17(23)15-7-6-13(26-15)10-21-16(22)14(20-18(21)24)8-11-2-4-12(9-19)5-3-11/h2-8H,10H2,1H3,(H,20,24)/b14-8-. The molecule has 1 saturated heterocycles. The summed E-state index contributed by atoms with van der Waals surface area (Å²) in [6, 6.07) is 10.9. The first-order chi connectivity index (χ1) is 12.5. The Hall–Kier alpha value is -3.86. The van der Waals surface area contributed by atoms with Gasteiger partial charge in [-0.25, -0.2) is 9.59 Å². The molecule has 0 unspecified atom stereocenters. The van der Waals surface area contributed by atoms with Crippen LogP contribution in [0.4, 0.5) is 4.79 Å². The quantitative estimate of drug-likeness (QED) is 0.512. The molecule has 0 saturated carbocycles. The molecule has 1 aromatic heterocycles. The fourth-order valence-electron chi connectivity index (χ4n) is 2.36. The van der Waals surface area contributed by atoms with Gasteiger partial charge < -0.3 is 14.5 Å². The normalized spacial score (nSPS) is 15.1. The van der Waals surface area contributed by atoms with Gasteiger partial charge in [-0.05, 0) is 35.9 Å². The first kappa shape index (κ1) is 17.0. The van der Waals surface area contributed by atoms with E-state index >= 15 is 0 Å². The third-order valence-electron chi connectivity index (χ3n) is 3.68. The third kappa shape index (κ3) is 3.32. The number of amides is 3. The van der Waals surface area contributed by atoms with Crippen LogP contribution in [0.2, 0.25) is 0 Å². The van der Waals surface area contributed by atoms with Crippen LogP contribution in [0, 0.1) is 11.3 Å². The second kappa shape index (κ2) is 6.94. The second-order valence-corrected chi connectivity index (χ2v) is 5.37. The lowest BCUT2D eigenvalue weighted by Gasteiger charge is -2.09. The number of nitriles is 1. The number of furan rings is 1. The minimum Gasteiger partial charge on any atom is -0.463 e. The zero-order valence-corrected chi connectivity index (χ0v) is 13.7. The summed E-state index contributed by atoms with van der Waals surface area (Å²) >= 11 is 0. The van der Waals surface area contributed by atoms with Gasteiger partial charge in [0.15, 0.2) is 0 Å². The highest BCUT2D eigenvalue weighted by molar-refractivity contribution is 6.13. The molecule has 0 spiro atoms. The van der Waals surface area contributed by atoms with Crippen LogP contribution in [0.3, 0.4) is 0 Å². The third-order valence-corrected chi connectivity index (χ3v) is 3.68. The van der Waals surface area contributed by atoms with Crippen LogP contribution in [0.25, 0.3) is 6.08 Å². The number of imide groups is 1. The number of rotatable bonds is 4. The number of hydrogen-bond acceptors (Lipinski definition) is 6. The Morgan fingerprint density at radius 3 is 2.65 bits per heavy atom. The van der Waals surface area contributed by atoms with Crippen molar-refractivity contribution in [2.45, 2.75) is 6.54 Å². The van der Waals surface area contributed by atoms with E-state index in [9.17, 15) is 14.4 Å². The minimum absolute atomic E-state index is 0.0112.